The fourth-order valence-electron chi connectivity index (χ4n) is 2.05. The molecule has 1 aromatic heterocycles. The summed E-state index contributed by atoms with van der Waals surface area (Å²) in [5.41, 5.74) is 13.0. The average molecular weight is 297 g/mol. The standard InChI is InChI=1S/C13H17ClN4O2/c1-19-10-5-7-9(6-11(10)20-2)17-13(14)18-12(7)8(16)3-4-15/h5-6,8H,3-4,15-16H2,1-2H3. The molecule has 0 saturated heterocycles. The Labute approximate surface area is 122 Å². The van der Waals surface area contributed by atoms with Crippen LogP contribution in [-0.4, -0.2) is 30.7 Å². The van der Waals surface area contributed by atoms with Crippen molar-refractivity contribution >= 4 is 22.5 Å². The van der Waals surface area contributed by atoms with Gasteiger partial charge < -0.3 is 20.9 Å². The minimum atomic E-state index is -0.305. The van der Waals surface area contributed by atoms with Crippen LogP contribution in [0.15, 0.2) is 12.1 Å². The van der Waals surface area contributed by atoms with Crippen LogP contribution < -0.4 is 20.9 Å². The molecule has 7 heteroatoms. The second kappa shape index (κ2) is 6.21. The van der Waals surface area contributed by atoms with E-state index < -0.39 is 0 Å². The molecule has 1 heterocycles. The lowest BCUT2D eigenvalue weighted by molar-refractivity contribution is 0.355. The Morgan fingerprint density at radius 2 is 1.85 bits per heavy atom. The molecule has 2 rings (SSSR count). The fourth-order valence-corrected chi connectivity index (χ4v) is 2.23. The molecule has 0 spiro atoms. The van der Waals surface area contributed by atoms with Crippen molar-refractivity contribution in [3.05, 3.63) is 23.1 Å². The van der Waals surface area contributed by atoms with Gasteiger partial charge in [-0.1, -0.05) is 0 Å². The summed E-state index contributed by atoms with van der Waals surface area (Å²) in [5.74, 6) is 1.17. The Morgan fingerprint density at radius 1 is 1.20 bits per heavy atom. The molecule has 0 amide bonds. The molecule has 1 aromatic carbocycles. The molecule has 20 heavy (non-hydrogen) atoms. The number of rotatable bonds is 5. The third-order valence-electron chi connectivity index (χ3n) is 3.03. The van der Waals surface area contributed by atoms with Gasteiger partial charge in [-0.05, 0) is 30.6 Å². The molecule has 0 aliphatic rings. The zero-order valence-electron chi connectivity index (χ0n) is 11.4. The number of fused-ring (bicyclic) bond motifs is 1. The van der Waals surface area contributed by atoms with Gasteiger partial charge in [-0.25, -0.2) is 9.97 Å². The minimum absolute atomic E-state index is 0.146. The molecule has 0 bridgehead atoms. The first-order valence-corrected chi connectivity index (χ1v) is 6.53. The number of ether oxygens (including phenoxy) is 2. The van der Waals surface area contributed by atoms with Crippen LogP contribution in [0.5, 0.6) is 11.5 Å². The number of methoxy groups -OCH3 is 2. The van der Waals surface area contributed by atoms with E-state index in [1.807, 2.05) is 0 Å². The summed E-state index contributed by atoms with van der Waals surface area (Å²) in [7, 11) is 3.13. The van der Waals surface area contributed by atoms with E-state index in [1.165, 1.54) is 0 Å². The highest BCUT2D eigenvalue weighted by atomic mass is 35.5. The van der Waals surface area contributed by atoms with Gasteiger partial charge in [-0.15, -0.1) is 0 Å². The average Bonchev–Trinajstić information content (AvgIpc) is 2.45. The van der Waals surface area contributed by atoms with Gasteiger partial charge in [0, 0.05) is 17.5 Å². The van der Waals surface area contributed by atoms with Crippen LogP contribution in [0.3, 0.4) is 0 Å². The van der Waals surface area contributed by atoms with Crippen molar-refractivity contribution < 1.29 is 9.47 Å². The van der Waals surface area contributed by atoms with Gasteiger partial charge in [0.1, 0.15) is 0 Å². The molecule has 6 nitrogen and oxygen atoms in total. The van der Waals surface area contributed by atoms with Crippen molar-refractivity contribution in [3.63, 3.8) is 0 Å². The van der Waals surface area contributed by atoms with Gasteiger partial charge in [0.05, 0.1) is 25.4 Å². The maximum atomic E-state index is 6.10. The van der Waals surface area contributed by atoms with Crippen LogP contribution in [0.1, 0.15) is 18.2 Å². The van der Waals surface area contributed by atoms with E-state index in [0.717, 1.165) is 5.39 Å². The third-order valence-corrected chi connectivity index (χ3v) is 3.20. The van der Waals surface area contributed by atoms with E-state index in [1.54, 1.807) is 26.4 Å². The summed E-state index contributed by atoms with van der Waals surface area (Å²) in [4.78, 5) is 8.42. The predicted octanol–water partition coefficient (Wildman–Crippen LogP) is 1.65. The van der Waals surface area contributed by atoms with E-state index in [-0.39, 0.29) is 11.3 Å². The zero-order chi connectivity index (χ0) is 14.7. The zero-order valence-corrected chi connectivity index (χ0v) is 12.1. The van der Waals surface area contributed by atoms with Crippen molar-refractivity contribution in [1.82, 2.24) is 9.97 Å². The SMILES string of the molecule is COc1cc2nc(Cl)nc(C(N)CCN)c2cc1OC. The topological polar surface area (TPSA) is 96.3 Å². The minimum Gasteiger partial charge on any atom is -0.493 e. The number of hydrogen-bond acceptors (Lipinski definition) is 6. The lowest BCUT2D eigenvalue weighted by Gasteiger charge is -2.15. The number of aromatic nitrogens is 2. The molecule has 1 atom stereocenters. The molecule has 0 aliphatic heterocycles. The Kier molecular flexibility index (Phi) is 4.59. The van der Waals surface area contributed by atoms with Crippen molar-refractivity contribution in [2.24, 2.45) is 11.5 Å². The largest absolute Gasteiger partial charge is 0.493 e. The molecule has 0 fully saturated rings. The Morgan fingerprint density at radius 3 is 2.45 bits per heavy atom. The first-order valence-electron chi connectivity index (χ1n) is 6.15. The molecule has 2 aromatic rings. The van der Waals surface area contributed by atoms with Crippen molar-refractivity contribution in [1.29, 1.82) is 0 Å². The molecule has 4 N–H and O–H groups in total. The van der Waals surface area contributed by atoms with Crippen molar-refractivity contribution in [2.75, 3.05) is 20.8 Å². The first kappa shape index (κ1) is 14.8. The molecular weight excluding hydrogens is 280 g/mol. The monoisotopic (exact) mass is 296 g/mol. The Bertz CT molecular complexity index is 621. The molecule has 0 radical (unpaired) electrons. The van der Waals surface area contributed by atoms with E-state index in [9.17, 15) is 0 Å². The quantitative estimate of drug-likeness (QED) is 0.814. The molecule has 0 aliphatic carbocycles. The normalized spacial score (nSPS) is 12.4. The van der Waals surface area contributed by atoms with E-state index in [2.05, 4.69) is 9.97 Å². The third kappa shape index (κ3) is 2.77. The van der Waals surface area contributed by atoms with Crippen molar-refractivity contribution in [2.45, 2.75) is 12.5 Å². The summed E-state index contributed by atoms with van der Waals surface area (Å²) in [6.45, 7) is 0.470. The van der Waals surface area contributed by atoms with Gasteiger partial charge in [-0.2, -0.15) is 0 Å². The molecular formula is C13H17ClN4O2. The number of nitrogens with zero attached hydrogens (tertiary/aromatic N) is 2. The summed E-state index contributed by atoms with van der Waals surface area (Å²) < 4.78 is 10.5. The van der Waals surface area contributed by atoms with Crippen LogP contribution in [-0.2, 0) is 0 Å². The maximum Gasteiger partial charge on any atom is 0.223 e. The van der Waals surface area contributed by atoms with Crippen LogP contribution in [0.4, 0.5) is 0 Å². The van der Waals surface area contributed by atoms with Crippen LogP contribution in [0.25, 0.3) is 10.9 Å². The number of halogens is 1. The highest BCUT2D eigenvalue weighted by molar-refractivity contribution is 6.28. The van der Waals surface area contributed by atoms with Crippen LogP contribution in [0.2, 0.25) is 5.28 Å². The van der Waals surface area contributed by atoms with Gasteiger partial charge >= 0.3 is 0 Å². The molecule has 0 saturated carbocycles. The molecule has 1 unspecified atom stereocenters. The summed E-state index contributed by atoms with van der Waals surface area (Å²) in [6.07, 6.45) is 0.608. The Hall–Kier alpha value is -1.63. The predicted molar refractivity (Wildman–Crippen MR) is 78.3 cm³/mol. The lowest BCUT2D eigenvalue weighted by Crippen LogP contribution is -2.17. The van der Waals surface area contributed by atoms with Crippen molar-refractivity contribution in [3.8, 4) is 11.5 Å². The summed E-state index contributed by atoms with van der Waals surface area (Å²) >= 11 is 5.96. The summed E-state index contributed by atoms with van der Waals surface area (Å²) in [6, 6.07) is 3.25. The molecule has 108 valence electrons. The Balaban J connectivity index is 2.68. The highest BCUT2D eigenvalue weighted by Gasteiger charge is 2.16. The van der Waals surface area contributed by atoms with Crippen LogP contribution >= 0.6 is 11.6 Å². The van der Waals surface area contributed by atoms with Crippen LogP contribution in [0, 0.1) is 0 Å². The number of nitrogens with two attached hydrogens (primary N) is 2. The number of hydrogen-bond donors (Lipinski definition) is 2. The van der Waals surface area contributed by atoms with Gasteiger partial charge in [0.2, 0.25) is 5.28 Å². The lowest BCUT2D eigenvalue weighted by atomic mass is 10.1. The van der Waals surface area contributed by atoms with Gasteiger partial charge in [-0.3, -0.25) is 0 Å². The maximum absolute atomic E-state index is 6.10. The number of benzene rings is 1. The van der Waals surface area contributed by atoms with E-state index in [4.69, 9.17) is 32.5 Å². The fraction of sp³-hybridized carbons (Fsp3) is 0.385. The van der Waals surface area contributed by atoms with E-state index in [0.29, 0.717) is 35.7 Å². The van der Waals surface area contributed by atoms with E-state index >= 15 is 0 Å². The van der Waals surface area contributed by atoms with Gasteiger partial charge in [0.15, 0.2) is 11.5 Å². The first-order chi connectivity index (χ1) is 9.60. The highest BCUT2D eigenvalue weighted by Crippen LogP contribution is 2.34. The smallest absolute Gasteiger partial charge is 0.223 e. The summed E-state index contributed by atoms with van der Waals surface area (Å²) in [5, 5.41) is 0.931. The van der Waals surface area contributed by atoms with Gasteiger partial charge in [0.25, 0.3) is 0 Å². The second-order valence-corrected chi connectivity index (χ2v) is 4.62. The second-order valence-electron chi connectivity index (χ2n) is 4.29.